The van der Waals surface area contributed by atoms with Gasteiger partial charge in [0.25, 0.3) is 0 Å². The summed E-state index contributed by atoms with van der Waals surface area (Å²) >= 11 is 0. The SMILES string of the molecule is O=c1/c(=C/O)ccc2c1nnc1ccnn12. The van der Waals surface area contributed by atoms with Crippen molar-refractivity contribution in [3.63, 3.8) is 0 Å². The number of hydrogen-bond acceptors (Lipinski definition) is 5. The summed E-state index contributed by atoms with van der Waals surface area (Å²) in [5, 5.41) is 20.8. The molecule has 3 aromatic rings. The van der Waals surface area contributed by atoms with E-state index in [0.717, 1.165) is 6.26 Å². The minimum absolute atomic E-state index is 0.188. The first-order chi connectivity index (χ1) is 7.81. The van der Waals surface area contributed by atoms with Crippen molar-refractivity contribution in [2.45, 2.75) is 0 Å². The Balaban J connectivity index is 2.65. The fraction of sp³-hybridized carbons (Fsp3) is 0. The first kappa shape index (κ1) is 8.78. The Labute approximate surface area is 88.5 Å². The average Bonchev–Trinajstić information content (AvgIpc) is 2.77. The summed E-state index contributed by atoms with van der Waals surface area (Å²) in [7, 11) is 0. The van der Waals surface area contributed by atoms with Crippen LogP contribution in [0.25, 0.3) is 22.9 Å². The van der Waals surface area contributed by atoms with Gasteiger partial charge in [0, 0.05) is 6.07 Å². The predicted octanol–water partition coefficient (Wildman–Crippen LogP) is -0.347. The molecular weight excluding hydrogens is 208 g/mol. The molecule has 6 nitrogen and oxygen atoms in total. The number of nitrogens with zero attached hydrogens (tertiary/aromatic N) is 4. The van der Waals surface area contributed by atoms with E-state index in [2.05, 4.69) is 15.3 Å². The lowest BCUT2D eigenvalue weighted by Gasteiger charge is -1.97. The highest BCUT2D eigenvalue weighted by molar-refractivity contribution is 5.75. The molecule has 0 aliphatic carbocycles. The zero-order valence-corrected chi connectivity index (χ0v) is 8.03. The van der Waals surface area contributed by atoms with Crippen molar-refractivity contribution < 1.29 is 5.11 Å². The molecule has 6 heteroatoms. The fourth-order valence-corrected chi connectivity index (χ4v) is 1.60. The van der Waals surface area contributed by atoms with E-state index >= 15 is 0 Å². The van der Waals surface area contributed by atoms with Gasteiger partial charge in [-0.2, -0.15) is 5.10 Å². The average molecular weight is 214 g/mol. The number of aliphatic hydroxyl groups excluding tert-OH is 1. The topological polar surface area (TPSA) is 80.4 Å². The van der Waals surface area contributed by atoms with Gasteiger partial charge in [-0.25, -0.2) is 4.52 Å². The molecule has 1 aromatic carbocycles. The van der Waals surface area contributed by atoms with Gasteiger partial charge >= 0.3 is 0 Å². The maximum atomic E-state index is 11.8. The van der Waals surface area contributed by atoms with Crippen molar-refractivity contribution in [3.05, 3.63) is 39.8 Å². The molecule has 0 saturated carbocycles. The van der Waals surface area contributed by atoms with Crippen molar-refractivity contribution in [3.8, 4) is 0 Å². The van der Waals surface area contributed by atoms with Gasteiger partial charge in [-0.15, -0.1) is 10.2 Å². The summed E-state index contributed by atoms with van der Waals surface area (Å²) in [6.45, 7) is 0. The zero-order chi connectivity index (χ0) is 11.1. The molecule has 2 heterocycles. The van der Waals surface area contributed by atoms with E-state index < -0.39 is 0 Å². The van der Waals surface area contributed by atoms with E-state index in [1.54, 1.807) is 18.3 Å². The van der Waals surface area contributed by atoms with Gasteiger partial charge in [0.05, 0.1) is 23.2 Å². The molecule has 0 fully saturated rings. The Kier molecular flexibility index (Phi) is 1.64. The van der Waals surface area contributed by atoms with Crippen molar-refractivity contribution >= 4 is 22.9 Å². The van der Waals surface area contributed by atoms with Crippen LogP contribution >= 0.6 is 0 Å². The van der Waals surface area contributed by atoms with Crippen LogP contribution in [0.2, 0.25) is 0 Å². The minimum Gasteiger partial charge on any atom is -0.515 e. The van der Waals surface area contributed by atoms with Gasteiger partial charge in [-0.05, 0) is 12.1 Å². The molecule has 0 aliphatic heterocycles. The molecular formula is C10H6N4O2. The first-order valence-electron chi connectivity index (χ1n) is 4.59. The Bertz CT molecular complexity index is 794. The summed E-state index contributed by atoms with van der Waals surface area (Å²) in [6.07, 6.45) is 2.34. The lowest BCUT2D eigenvalue weighted by molar-refractivity contribution is 0.540. The van der Waals surface area contributed by atoms with Crippen molar-refractivity contribution in [1.29, 1.82) is 0 Å². The third-order valence-corrected chi connectivity index (χ3v) is 2.38. The second-order valence-corrected chi connectivity index (χ2v) is 3.28. The van der Waals surface area contributed by atoms with Gasteiger partial charge in [0.15, 0.2) is 11.2 Å². The quantitative estimate of drug-likeness (QED) is 0.553. The monoisotopic (exact) mass is 214 g/mol. The number of aliphatic hydroxyl groups is 1. The molecule has 0 spiro atoms. The molecule has 0 bridgehead atoms. The smallest absolute Gasteiger partial charge is 0.218 e. The number of fused-ring (bicyclic) bond motifs is 3. The van der Waals surface area contributed by atoms with Gasteiger partial charge in [0.2, 0.25) is 5.43 Å². The van der Waals surface area contributed by atoms with E-state index in [0.29, 0.717) is 11.2 Å². The van der Waals surface area contributed by atoms with Crippen LogP contribution in [-0.2, 0) is 0 Å². The number of hydrogen-bond donors (Lipinski definition) is 1. The molecule has 3 rings (SSSR count). The predicted molar refractivity (Wildman–Crippen MR) is 56.9 cm³/mol. The maximum absolute atomic E-state index is 11.8. The highest BCUT2D eigenvalue weighted by atomic mass is 16.2. The molecule has 16 heavy (non-hydrogen) atoms. The van der Waals surface area contributed by atoms with E-state index in [-0.39, 0.29) is 16.2 Å². The first-order valence-corrected chi connectivity index (χ1v) is 4.59. The van der Waals surface area contributed by atoms with E-state index in [9.17, 15) is 4.79 Å². The van der Waals surface area contributed by atoms with Crippen LogP contribution in [0.3, 0.4) is 0 Å². The van der Waals surface area contributed by atoms with Crippen LogP contribution in [0.1, 0.15) is 0 Å². The maximum Gasteiger partial charge on any atom is 0.218 e. The van der Waals surface area contributed by atoms with E-state index in [1.807, 2.05) is 0 Å². The lowest BCUT2D eigenvalue weighted by atomic mass is 10.2. The van der Waals surface area contributed by atoms with Crippen LogP contribution < -0.4 is 10.6 Å². The largest absolute Gasteiger partial charge is 0.515 e. The zero-order valence-electron chi connectivity index (χ0n) is 8.03. The summed E-state index contributed by atoms with van der Waals surface area (Å²) in [5.41, 5.74) is 0.988. The van der Waals surface area contributed by atoms with Crippen LogP contribution in [0.4, 0.5) is 0 Å². The molecule has 0 atom stereocenters. The Morgan fingerprint density at radius 3 is 2.94 bits per heavy atom. The lowest BCUT2D eigenvalue weighted by Crippen LogP contribution is -2.25. The number of benzene rings is 1. The molecule has 78 valence electrons. The van der Waals surface area contributed by atoms with Crippen LogP contribution in [0.15, 0.2) is 29.2 Å². The molecule has 0 amide bonds. The van der Waals surface area contributed by atoms with Crippen LogP contribution in [-0.4, -0.2) is 24.9 Å². The molecule has 0 saturated heterocycles. The highest BCUT2D eigenvalue weighted by Crippen LogP contribution is 2.05. The van der Waals surface area contributed by atoms with Crippen LogP contribution in [0.5, 0.6) is 0 Å². The van der Waals surface area contributed by atoms with Crippen molar-refractivity contribution in [1.82, 2.24) is 19.8 Å². The van der Waals surface area contributed by atoms with Gasteiger partial charge in [-0.1, -0.05) is 0 Å². The second-order valence-electron chi connectivity index (χ2n) is 3.28. The summed E-state index contributed by atoms with van der Waals surface area (Å²) < 4.78 is 1.53. The summed E-state index contributed by atoms with van der Waals surface area (Å²) in [4.78, 5) is 11.8. The van der Waals surface area contributed by atoms with Gasteiger partial charge in [-0.3, -0.25) is 4.79 Å². The summed E-state index contributed by atoms with van der Waals surface area (Å²) in [5.74, 6) is 0. The van der Waals surface area contributed by atoms with Gasteiger partial charge in [0.1, 0.15) is 0 Å². The van der Waals surface area contributed by atoms with E-state index in [1.165, 1.54) is 10.6 Å². The number of rotatable bonds is 0. The third kappa shape index (κ3) is 1.01. The van der Waals surface area contributed by atoms with Crippen molar-refractivity contribution in [2.75, 3.05) is 0 Å². The Morgan fingerprint density at radius 2 is 2.12 bits per heavy atom. The summed E-state index contributed by atoms with van der Waals surface area (Å²) in [6, 6.07) is 4.89. The second kappa shape index (κ2) is 2.99. The highest BCUT2D eigenvalue weighted by Gasteiger charge is 2.06. The number of aromatic nitrogens is 4. The fourth-order valence-electron chi connectivity index (χ4n) is 1.60. The minimum atomic E-state index is -0.357. The van der Waals surface area contributed by atoms with Crippen LogP contribution in [0, 0.1) is 0 Å². The Morgan fingerprint density at radius 1 is 1.25 bits per heavy atom. The van der Waals surface area contributed by atoms with Crippen molar-refractivity contribution in [2.24, 2.45) is 0 Å². The molecule has 0 unspecified atom stereocenters. The van der Waals surface area contributed by atoms with Gasteiger partial charge < -0.3 is 5.11 Å². The molecule has 0 aliphatic rings. The molecule has 1 N–H and O–H groups in total. The Hall–Kier alpha value is -2.50. The standard InChI is InChI=1S/C10H6N4O2/c15-5-6-1-2-7-9(10(6)16)13-12-8-3-4-11-14(7)8/h1-5,15H/b6-5+. The third-order valence-electron chi connectivity index (χ3n) is 2.38. The molecule has 0 radical (unpaired) electrons. The van der Waals surface area contributed by atoms with E-state index in [4.69, 9.17) is 5.11 Å². The molecule has 2 aromatic heterocycles. The normalized spacial score (nSPS) is 12.6.